The minimum Gasteiger partial charge on any atom is -0.480 e. The number of nitrogens with zero attached hydrogens (tertiary/aromatic N) is 1. The topological polar surface area (TPSA) is 57.6 Å². The lowest BCUT2D eigenvalue weighted by Crippen LogP contribution is -2.55. The highest BCUT2D eigenvalue weighted by Crippen LogP contribution is 2.50. The van der Waals surface area contributed by atoms with E-state index in [1.165, 1.54) is 4.90 Å². The third-order valence-corrected chi connectivity index (χ3v) is 4.57. The number of likely N-dealkylation sites (N-methyl/N-ethyl adjacent to an activating group) is 1. The van der Waals surface area contributed by atoms with Crippen LogP contribution in [0.3, 0.4) is 0 Å². The Kier molecular flexibility index (Phi) is 4.02. The van der Waals surface area contributed by atoms with Crippen molar-refractivity contribution in [2.45, 2.75) is 44.6 Å². The molecule has 1 aliphatic carbocycles. The maximum absolute atomic E-state index is 12.9. The fourth-order valence-corrected chi connectivity index (χ4v) is 2.81. The van der Waals surface area contributed by atoms with Gasteiger partial charge in [-0.05, 0) is 51.3 Å². The molecule has 0 radical (unpaired) electrons. The zero-order chi connectivity index (χ0) is 15.8. The lowest BCUT2D eigenvalue weighted by molar-refractivity contribution is -0.157. The molecule has 1 saturated carbocycles. The number of amides is 1. The number of carbonyl (C=O) groups is 2. The van der Waals surface area contributed by atoms with Gasteiger partial charge in [-0.2, -0.15) is 0 Å². The van der Waals surface area contributed by atoms with E-state index in [9.17, 15) is 14.7 Å². The van der Waals surface area contributed by atoms with Gasteiger partial charge in [0.2, 0.25) is 5.91 Å². The summed E-state index contributed by atoms with van der Waals surface area (Å²) < 4.78 is 0. The molecule has 1 N–H and O–H groups in total. The van der Waals surface area contributed by atoms with Gasteiger partial charge in [-0.25, -0.2) is 4.79 Å². The van der Waals surface area contributed by atoms with Crippen LogP contribution in [0.1, 0.15) is 39.2 Å². The summed E-state index contributed by atoms with van der Waals surface area (Å²) in [6.07, 6.45) is 1.50. The van der Waals surface area contributed by atoms with Crippen LogP contribution in [0.4, 0.5) is 0 Å². The van der Waals surface area contributed by atoms with Gasteiger partial charge in [-0.3, -0.25) is 4.79 Å². The Morgan fingerprint density at radius 3 is 2.19 bits per heavy atom. The van der Waals surface area contributed by atoms with Gasteiger partial charge >= 0.3 is 5.97 Å². The summed E-state index contributed by atoms with van der Waals surface area (Å²) in [6, 6.07) is 7.25. The van der Waals surface area contributed by atoms with Gasteiger partial charge in [-0.15, -0.1) is 0 Å². The van der Waals surface area contributed by atoms with Gasteiger partial charge < -0.3 is 10.0 Å². The van der Waals surface area contributed by atoms with Gasteiger partial charge in [0.1, 0.15) is 5.54 Å². The van der Waals surface area contributed by atoms with Crippen molar-refractivity contribution in [3.8, 4) is 0 Å². The largest absolute Gasteiger partial charge is 0.480 e. The number of hydrogen-bond donors (Lipinski definition) is 1. The van der Waals surface area contributed by atoms with Crippen LogP contribution in [0.5, 0.6) is 0 Å². The molecule has 4 nitrogen and oxygen atoms in total. The number of aliphatic carboxylic acids is 1. The molecular formula is C16H20ClNO3. The van der Waals surface area contributed by atoms with Crippen LogP contribution in [0, 0.1) is 0 Å². The van der Waals surface area contributed by atoms with E-state index in [1.807, 2.05) is 12.1 Å². The molecule has 0 aliphatic heterocycles. The van der Waals surface area contributed by atoms with Crippen LogP contribution in [-0.4, -0.2) is 34.0 Å². The van der Waals surface area contributed by atoms with Gasteiger partial charge in [-0.1, -0.05) is 23.7 Å². The Hall–Kier alpha value is -1.55. The highest BCUT2D eigenvalue weighted by atomic mass is 35.5. The third-order valence-electron chi connectivity index (χ3n) is 4.32. The zero-order valence-electron chi connectivity index (χ0n) is 12.5. The number of carboxylic acids is 1. The first kappa shape index (κ1) is 15.8. The Morgan fingerprint density at radius 2 is 1.81 bits per heavy atom. The van der Waals surface area contributed by atoms with Gasteiger partial charge in [0.15, 0.2) is 0 Å². The Morgan fingerprint density at radius 1 is 1.29 bits per heavy atom. The van der Waals surface area contributed by atoms with Crippen LogP contribution in [0.25, 0.3) is 0 Å². The predicted octanol–water partition coefficient (Wildman–Crippen LogP) is 3.08. The van der Waals surface area contributed by atoms with Crippen LogP contribution in [0.2, 0.25) is 5.02 Å². The van der Waals surface area contributed by atoms with E-state index in [-0.39, 0.29) is 5.91 Å². The zero-order valence-corrected chi connectivity index (χ0v) is 13.3. The molecule has 114 valence electrons. The summed E-state index contributed by atoms with van der Waals surface area (Å²) in [5, 5.41) is 10.00. The number of carboxylic acid groups (broad SMARTS) is 1. The van der Waals surface area contributed by atoms with Gasteiger partial charge in [0, 0.05) is 11.6 Å². The summed E-state index contributed by atoms with van der Waals surface area (Å²) in [5.41, 5.74) is -0.877. The molecule has 0 spiro atoms. The average Bonchev–Trinajstić information content (AvgIpc) is 3.21. The van der Waals surface area contributed by atoms with Crippen molar-refractivity contribution in [3.63, 3.8) is 0 Å². The van der Waals surface area contributed by atoms with Crippen molar-refractivity contribution in [3.05, 3.63) is 34.9 Å². The SMILES string of the molecule is CCN(C(=O)C1(c2ccc(Cl)cc2)CC1)C(C)(C)C(=O)O. The summed E-state index contributed by atoms with van der Waals surface area (Å²) in [5.74, 6) is -1.11. The number of halogens is 1. The molecule has 1 amide bonds. The van der Waals surface area contributed by atoms with E-state index in [1.54, 1.807) is 32.9 Å². The quantitative estimate of drug-likeness (QED) is 0.909. The molecule has 1 fully saturated rings. The van der Waals surface area contributed by atoms with Gasteiger partial charge in [0.25, 0.3) is 0 Å². The van der Waals surface area contributed by atoms with Gasteiger partial charge in [0.05, 0.1) is 5.41 Å². The predicted molar refractivity (Wildman–Crippen MR) is 81.5 cm³/mol. The number of carbonyl (C=O) groups excluding carboxylic acids is 1. The molecule has 0 bridgehead atoms. The van der Waals surface area contributed by atoms with E-state index in [0.29, 0.717) is 11.6 Å². The number of hydrogen-bond acceptors (Lipinski definition) is 2. The van der Waals surface area contributed by atoms with Crippen LogP contribution in [0.15, 0.2) is 24.3 Å². The van der Waals surface area contributed by atoms with Crippen molar-refractivity contribution in [2.24, 2.45) is 0 Å². The monoisotopic (exact) mass is 309 g/mol. The molecule has 5 heteroatoms. The number of benzene rings is 1. The minimum atomic E-state index is -1.21. The van der Waals surface area contributed by atoms with Crippen LogP contribution < -0.4 is 0 Å². The molecule has 0 unspecified atom stereocenters. The molecule has 1 aromatic rings. The lowest BCUT2D eigenvalue weighted by atomic mass is 9.91. The van der Waals surface area contributed by atoms with Crippen molar-refractivity contribution < 1.29 is 14.7 Å². The normalized spacial score (nSPS) is 16.4. The minimum absolute atomic E-state index is 0.111. The standard InChI is InChI=1S/C16H20ClNO3/c1-4-18(15(2,3)14(20)21)13(19)16(9-10-16)11-5-7-12(17)8-6-11/h5-8H,4,9-10H2,1-3H3,(H,20,21). The maximum atomic E-state index is 12.9. The molecule has 1 aromatic carbocycles. The second-order valence-electron chi connectivity index (χ2n) is 6.00. The molecule has 0 saturated heterocycles. The summed E-state index contributed by atoms with van der Waals surface area (Å²) in [4.78, 5) is 25.8. The molecule has 2 rings (SSSR count). The maximum Gasteiger partial charge on any atom is 0.329 e. The third kappa shape index (κ3) is 2.64. The fraction of sp³-hybridized carbons (Fsp3) is 0.500. The Labute approximate surface area is 129 Å². The van der Waals surface area contributed by atoms with Crippen molar-refractivity contribution in [1.82, 2.24) is 4.90 Å². The molecule has 0 aromatic heterocycles. The first-order valence-corrected chi connectivity index (χ1v) is 7.45. The average molecular weight is 310 g/mol. The number of rotatable bonds is 5. The van der Waals surface area contributed by atoms with E-state index < -0.39 is 16.9 Å². The summed E-state index contributed by atoms with van der Waals surface area (Å²) >= 11 is 5.89. The first-order chi connectivity index (χ1) is 9.75. The highest BCUT2D eigenvalue weighted by Gasteiger charge is 2.55. The molecule has 21 heavy (non-hydrogen) atoms. The van der Waals surface area contributed by atoms with E-state index in [0.717, 1.165) is 18.4 Å². The Balaban J connectivity index is 2.34. The first-order valence-electron chi connectivity index (χ1n) is 7.07. The molecule has 0 atom stereocenters. The van der Waals surface area contributed by atoms with Crippen molar-refractivity contribution >= 4 is 23.5 Å². The smallest absolute Gasteiger partial charge is 0.329 e. The lowest BCUT2D eigenvalue weighted by Gasteiger charge is -2.37. The fourth-order valence-electron chi connectivity index (χ4n) is 2.69. The van der Waals surface area contributed by atoms with E-state index >= 15 is 0 Å². The van der Waals surface area contributed by atoms with Crippen molar-refractivity contribution in [2.75, 3.05) is 6.54 Å². The Bertz CT molecular complexity index is 561. The summed E-state index contributed by atoms with van der Waals surface area (Å²) in [7, 11) is 0. The second kappa shape index (κ2) is 5.34. The summed E-state index contributed by atoms with van der Waals surface area (Å²) in [6.45, 7) is 5.30. The molecule has 0 heterocycles. The molecular weight excluding hydrogens is 290 g/mol. The van der Waals surface area contributed by atoms with E-state index in [4.69, 9.17) is 11.6 Å². The molecule has 1 aliphatic rings. The second-order valence-corrected chi connectivity index (χ2v) is 6.44. The van der Waals surface area contributed by atoms with Crippen molar-refractivity contribution in [1.29, 1.82) is 0 Å². The van der Waals surface area contributed by atoms with Crippen LogP contribution >= 0.6 is 11.6 Å². The van der Waals surface area contributed by atoms with Crippen LogP contribution in [-0.2, 0) is 15.0 Å². The van der Waals surface area contributed by atoms with E-state index in [2.05, 4.69) is 0 Å². The highest BCUT2D eigenvalue weighted by molar-refractivity contribution is 6.30.